The van der Waals surface area contributed by atoms with E-state index in [1.54, 1.807) is 17.9 Å². The van der Waals surface area contributed by atoms with Crippen molar-refractivity contribution in [3.05, 3.63) is 12.7 Å². The smallest absolute Gasteiger partial charge is 0.326 e. The van der Waals surface area contributed by atoms with Gasteiger partial charge in [0.2, 0.25) is 0 Å². The van der Waals surface area contributed by atoms with Gasteiger partial charge >= 0.3 is 5.97 Å². The number of hydrogen-bond donors (Lipinski definition) is 1. The van der Waals surface area contributed by atoms with E-state index in [4.69, 9.17) is 10.5 Å². The van der Waals surface area contributed by atoms with Crippen molar-refractivity contribution in [2.75, 3.05) is 6.61 Å². The van der Waals surface area contributed by atoms with Crippen LogP contribution in [0.4, 0.5) is 0 Å². The Morgan fingerprint density at radius 2 is 2.50 bits per heavy atom. The number of esters is 1. The lowest BCUT2D eigenvalue weighted by molar-refractivity contribution is -0.151. The van der Waals surface area contributed by atoms with Crippen molar-refractivity contribution in [1.82, 2.24) is 14.8 Å². The number of ether oxygens (including phenoxy) is 1. The van der Waals surface area contributed by atoms with Crippen molar-refractivity contribution in [2.24, 2.45) is 11.7 Å². The Labute approximate surface area is 107 Å². The number of rotatable bonds is 5. The summed E-state index contributed by atoms with van der Waals surface area (Å²) in [5.41, 5.74) is 5.44. The van der Waals surface area contributed by atoms with E-state index < -0.39 is 5.54 Å². The van der Waals surface area contributed by atoms with Crippen LogP contribution in [-0.4, -0.2) is 32.9 Å². The van der Waals surface area contributed by atoms with E-state index in [-0.39, 0.29) is 11.9 Å². The summed E-state index contributed by atoms with van der Waals surface area (Å²) in [4.78, 5) is 15.9. The summed E-state index contributed by atoms with van der Waals surface area (Å²) >= 11 is 0. The molecule has 1 aliphatic rings. The maximum atomic E-state index is 12.0. The molecule has 1 aromatic rings. The molecule has 18 heavy (non-hydrogen) atoms. The highest BCUT2D eigenvalue weighted by molar-refractivity contribution is 5.81. The first-order valence-corrected chi connectivity index (χ1v) is 6.45. The molecule has 2 unspecified atom stereocenters. The van der Waals surface area contributed by atoms with Crippen LogP contribution in [0, 0.1) is 5.92 Å². The summed E-state index contributed by atoms with van der Waals surface area (Å²) in [6, 6.07) is 0. The minimum Gasteiger partial charge on any atom is -0.465 e. The summed E-state index contributed by atoms with van der Waals surface area (Å²) in [5.74, 6) is -0.0909. The van der Waals surface area contributed by atoms with Gasteiger partial charge < -0.3 is 10.5 Å². The predicted molar refractivity (Wildman–Crippen MR) is 65.5 cm³/mol. The van der Waals surface area contributed by atoms with Crippen LogP contribution >= 0.6 is 0 Å². The van der Waals surface area contributed by atoms with E-state index >= 15 is 0 Å². The van der Waals surface area contributed by atoms with Crippen LogP contribution in [0.3, 0.4) is 0 Å². The van der Waals surface area contributed by atoms with Crippen LogP contribution in [0.25, 0.3) is 0 Å². The number of nitrogens with two attached hydrogens (primary N) is 1. The molecular formula is C12H20N4O2. The second-order valence-electron chi connectivity index (χ2n) is 4.80. The van der Waals surface area contributed by atoms with E-state index in [1.165, 1.54) is 6.33 Å². The highest BCUT2D eigenvalue weighted by atomic mass is 16.5. The molecule has 1 aliphatic carbocycles. The SMILES string of the molecule is CCOC(=O)C1(N)CCCC1CCn1cncn1. The summed E-state index contributed by atoms with van der Waals surface area (Å²) in [5, 5.41) is 4.05. The standard InChI is InChI=1S/C12H20N4O2/c1-2-18-11(17)12(13)6-3-4-10(12)5-7-16-9-14-8-15-16/h8-10H,2-7,13H2,1H3. The Kier molecular flexibility index (Phi) is 3.96. The second kappa shape index (κ2) is 5.48. The van der Waals surface area contributed by atoms with Gasteiger partial charge in [0, 0.05) is 6.54 Å². The number of aromatic nitrogens is 3. The molecule has 1 fully saturated rings. The van der Waals surface area contributed by atoms with Crippen molar-refractivity contribution in [3.8, 4) is 0 Å². The van der Waals surface area contributed by atoms with E-state index in [0.29, 0.717) is 13.0 Å². The van der Waals surface area contributed by atoms with E-state index in [1.807, 2.05) is 0 Å². The van der Waals surface area contributed by atoms with E-state index in [0.717, 1.165) is 25.8 Å². The molecule has 0 aromatic carbocycles. The average molecular weight is 252 g/mol. The molecule has 6 heteroatoms. The molecule has 0 spiro atoms. The Bertz CT molecular complexity index is 393. The zero-order valence-corrected chi connectivity index (χ0v) is 10.7. The molecule has 100 valence electrons. The van der Waals surface area contributed by atoms with Gasteiger partial charge in [-0.25, -0.2) is 4.98 Å². The number of hydrogen-bond acceptors (Lipinski definition) is 5. The van der Waals surface area contributed by atoms with Crippen LogP contribution in [0.15, 0.2) is 12.7 Å². The second-order valence-corrected chi connectivity index (χ2v) is 4.80. The average Bonchev–Trinajstić information content (AvgIpc) is 2.97. The highest BCUT2D eigenvalue weighted by Crippen LogP contribution is 2.37. The quantitative estimate of drug-likeness (QED) is 0.781. The monoisotopic (exact) mass is 252 g/mol. The van der Waals surface area contributed by atoms with Gasteiger partial charge in [-0.2, -0.15) is 5.10 Å². The minimum atomic E-state index is -0.809. The predicted octanol–water partition coefficient (Wildman–Crippen LogP) is 0.729. The van der Waals surface area contributed by atoms with Gasteiger partial charge in [-0.3, -0.25) is 9.48 Å². The lowest BCUT2D eigenvalue weighted by atomic mass is 9.85. The third-order valence-corrected chi connectivity index (χ3v) is 3.70. The van der Waals surface area contributed by atoms with Gasteiger partial charge in [0.15, 0.2) is 0 Å². The Balaban J connectivity index is 1.96. The first-order valence-electron chi connectivity index (χ1n) is 6.45. The molecule has 2 rings (SSSR count). The van der Waals surface area contributed by atoms with Crippen molar-refractivity contribution >= 4 is 5.97 Å². The highest BCUT2D eigenvalue weighted by Gasteiger charge is 2.46. The maximum absolute atomic E-state index is 12.0. The van der Waals surface area contributed by atoms with Crippen molar-refractivity contribution in [2.45, 2.75) is 44.7 Å². The molecule has 1 aromatic heterocycles. The fourth-order valence-corrected chi connectivity index (χ4v) is 2.68. The van der Waals surface area contributed by atoms with Gasteiger partial charge in [-0.1, -0.05) is 6.42 Å². The molecule has 2 atom stereocenters. The Morgan fingerprint density at radius 3 is 3.17 bits per heavy atom. The van der Waals surface area contributed by atoms with Crippen molar-refractivity contribution in [3.63, 3.8) is 0 Å². The lowest BCUT2D eigenvalue weighted by Crippen LogP contribution is -2.52. The van der Waals surface area contributed by atoms with Gasteiger partial charge in [0.05, 0.1) is 6.61 Å². The number of nitrogens with zero attached hydrogens (tertiary/aromatic N) is 3. The molecule has 0 saturated heterocycles. The Hall–Kier alpha value is -1.43. The first-order chi connectivity index (χ1) is 8.66. The summed E-state index contributed by atoms with van der Waals surface area (Å²) in [7, 11) is 0. The summed E-state index contributed by atoms with van der Waals surface area (Å²) in [6.07, 6.45) is 6.70. The summed E-state index contributed by atoms with van der Waals surface area (Å²) < 4.78 is 6.87. The molecular weight excluding hydrogens is 232 g/mol. The molecule has 1 heterocycles. The van der Waals surface area contributed by atoms with Gasteiger partial charge in [0.25, 0.3) is 0 Å². The topological polar surface area (TPSA) is 83.0 Å². The third kappa shape index (κ3) is 2.53. The zero-order valence-electron chi connectivity index (χ0n) is 10.7. The third-order valence-electron chi connectivity index (χ3n) is 3.70. The van der Waals surface area contributed by atoms with Crippen LogP contribution in [0.1, 0.15) is 32.6 Å². The largest absolute Gasteiger partial charge is 0.465 e. The molecule has 0 radical (unpaired) electrons. The number of carbonyl (C=O) groups excluding carboxylic acids is 1. The van der Waals surface area contributed by atoms with Crippen LogP contribution in [0.5, 0.6) is 0 Å². The van der Waals surface area contributed by atoms with Gasteiger partial charge in [0.1, 0.15) is 18.2 Å². The van der Waals surface area contributed by atoms with Crippen LogP contribution < -0.4 is 5.73 Å². The first kappa shape index (κ1) is 13.0. The fraction of sp³-hybridized carbons (Fsp3) is 0.750. The van der Waals surface area contributed by atoms with Crippen molar-refractivity contribution < 1.29 is 9.53 Å². The normalized spacial score (nSPS) is 27.3. The van der Waals surface area contributed by atoms with Crippen molar-refractivity contribution in [1.29, 1.82) is 0 Å². The molecule has 0 amide bonds. The van der Waals surface area contributed by atoms with Gasteiger partial charge in [-0.15, -0.1) is 0 Å². The number of aryl methyl sites for hydroxylation is 1. The molecule has 0 aliphatic heterocycles. The number of carbonyl (C=O) groups is 1. The molecule has 1 saturated carbocycles. The lowest BCUT2D eigenvalue weighted by Gasteiger charge is -2.28. The maximum Gasteiger partial charge on any atom is 0.326 e. The minimum absolute atomic E-state index is 0.167. The molecule has 2 N–H and O–H groups in total. The molecule has 0 bridgehead atoms. The fourth-order valence-electron chi connectivity index (χ4n) is 2.68. The van der Waals surface area contributed by atoms with E-state index in [2.05, 4.69) is 10.1 Å². The zero-order chi connectivity index (χ0) is 13.0. The van der Waals surface area contributed by atoms with Crippen LogP contribution in [0.2, 0.25) is 0 Å². The Morgan fingerprint density at radius 1 is 1.67 bits per heavy atom. The summed E-state index contributed by atoms with van der Waals surface area (Å²) in [6.45, 7) is 2.93. The molecule has 6 nitrogen and oxygen atoms in total. The van der Waals surface area contributed by atoms with E-state index in [9.17, 15) is 4.79 Å². The van der Waals surface area contributed by atoms with Crippen LogP contribution in [-0.2, 0) is 16.1 Å². The van der Waals surface area contributed by atoms with Gasteiger partial charge in [-0.05, 0) is 32.1 Å².